The van der Waals surface area contributed by atoms with E-state index in [1.165, 1.54) is 16.2 Å². The van der Waals surface area contributed by atoms with Gasteiger partial charge in [0.1, 0.15) is 0 Å². The van der Waals surface area contributed by atoms with Crippen molar-refractivity contribution in [2.24, 2.45) is 0 Å². The van der Waals surface area contributed by atoms with Crippen molar-refractivity contribution < 1.29 is 14.4 Å². The highest BCUT2D eigenvalue weighted by Gasteiger charge is 2.34. The highest BCUT2D eigenvalue weighted by atomic mass is 35.5. The van der Waals surface area contributed by atoms with E-state index in [1.807, 2.05) is 31.2 Å². The van der Waals surface area contributed by atoms with Gasteiger partial charge in [0.2, 0.25) is 5.91 Å². The number of nitrogens with one attached hydrogen (secondary N) is 1. The van der Waals surface area contributed by atoms with E-state index in [1.54, 1.807) is 24.3 Å². The van der Waals surface area contributed by atoms with Crippen molar-refractivity contribution in [3.05, 3.63) is 69.6 Å². The Morgan fingerprint density at radius 1 is 1.03 bits per heavy atom. The molecule has 0 radical (unpaired) electrons. The Bertz CT molecular complexity index is 1160. The SMILES string of the molecule is Cc1sc(NC(=O)CCCCCN2C(=O)c3ccccc3C2=O)nc1-c1cccc(Cl)c1. The summed E-state index contributed by atoms with van der Waals surface area (Å²) in [5.41, 5.74) is 2.66. The van der Waals surface area contributed by atoms with E-state index in [0.29, 0.717) is 47.1 Å². The molecule has 0 bridgehead atoms. The molecule has 1 aromatic heterocycles. The third-order valence-electron chi connectivity index (χ3n) is 5.30. The molecule has 8 heteroatoms. The number of carbonyl (C=O) groups is 3. The van der Waals surface area contributed by atoms with Gasteiger partial charge in [0.25, 0.3) is 11.8 Å². The van der Waals surface area contributed by atoms with Crippen molar-refractivity contribution in [3.63, 3.8) is 0 Å². The second-order valence-electron chi connectivity index (χ2n) is 7.60. The van der Waals surface area contributed by atoms with E-state index in [4.69, 9.17) is 11.6 Å². The molecule has 3 amide bonds. The number of aromatic nitrogens is 1. The summed E-state index contributed by atoms with van der Waals surface area (Å²) in [6.45, 7) is 2.32. The summed E-state index contributed by atoms with van der Waals surface area (Å²) in [7, 11) is 0. The number of amides is 3. The molecule has 1 aliphatic heterocycles. The Balaban J connectivity index is 1.22. The average molecular weight is 468 g/mol. The van der Waals surface area contributed by atoms with Crippen LogP contribution in [0, 0.1) is 6.92 Å². The van der Waals surface area contributed by atoms with Crippen molar-refractivity contribution in [1.29, 1.82) is 0 Å². The van der Waals surface area contributed by atoms with Crippen LogP contribution in [0.5, 0.6) is 0 Å². The van der Waals surface area contributed by atoms with Crippen LogP contribution in [0.25, 0.3) is 11.3 Å². The second-order valence-corrected chi connectivity index (χ2v) is 9.24. The molecule has 4 rings (SSSR count). The molecule has 6 nitrogen and oxygen atoms in total. The molecule has 0 saturated carbocycles. The topological polar surface area (TPSA) is 79.4 Å². The standard InChI is InChI=1S/C24H22ClN3O3S/c1-15-21(16-8-7-9-17(25)14-16)27-24(32-15)26-20(29)12-3-2-6-13-28-22(30)18-10-4-5-11-19(18)23(28)31/h4-5,7-11,14H,2-3,6,12-13H2,1H3,(H,26,27,29). The zero-order valence-corrected chi connectivity index (χ0v) is 19.1. The Morgan fingerprint density at radius 2 is 1.75 bits per heavy atom. The number of rotatable bonds is 8. The molecular weight excluding hydrogens is 446 g/mol. The first-order chi connectivity index (χ1) is 15.4. The van der Waals surface area contributed by atoms with Gasteiger partial charge in [-0.2, -0.15) is 0 Å². The minimum atomic E-state index is -0.238. The Morgan fingerprint density at radius 3 is 2.44 bits per heavy atom. The fourth-order valence-electron chi connectivity index (χ4n) is 3.71. The Labute approximate surface area is 195 Å². The predicted octanol–water partition coefficient (Wildman–Crippen LogP) is 5.57. The number of imide groups is 1. The number of halogens is 1. The maximum Gasteiger partial charge on any atom is 0.261 e. The minimum Gasteiger partial charge on any atom is -0.302 e. The van der Waals surface area contributed by atoms with Crippen LogP contribution in [0.4, 0.5) is 5.13 Å². The largest absolute Gasteiger partial charge is 0.302 e. The van der Waals surface area contributed by atoms with Gasteiger partial charge in [-0.05, 0) is 44.0 Å². The summed E-state index contributed by atoms with van der Waals surface area (Å²) >= 11 is 7.50. The van der Waals surface area contributed by atoms with Gasteiger partial charge in [-0.1, -0.05) is 42.3 Å². The minimum absolute atomic E-state index is 0.0999. The number of hydrogen-bond donors (Lipinski definition) is 1. The molecule has 32 heavy (non-hydrogen) atoms. The fourth-order valence-corrected chi connectivity index (χ4v) is 4.75. The molecule has 2 aromatic carbocycles. The lowest BCUT2D eigenvalue weighted by Gasteiger charge is -2.13. The van der Waals surface area contributed by atoms with Crippen LogP contribution in [0.15, 0.2) is 48.5 Å². The van der Waals surface area contributed by atoms with Crippen LogP contribution >= 0.6 is 22.9 Å². The lowest BCUT2D eigenvalue weighted by molar-refractivity contribution is -0.116. The summed E-state index contributed by atoms with van der Waals surface area (Å²) in [6, 6.07) is 14.3. The van der Waals surface area contributed by atoms with Crippen molar-refractivity contribution >= 4 is 45.8 Å². The fraction of sp³-hybridized carbons (Fsp3) is 0.250. The first-order valence-corrected chi connectivity index (χ1v) is 11.6. The van der Waals surface area contributed by atoms with E-state index in [2.05, 4.69) is 10.3 Å². The monoisotopic (exact) mass is 467 g/mol. The zero-order valence-electron chi connectivity index (χ0n) is 17.6. The lowest BCUT2D eigenvalue weighted by Crippen LogP contribution is -2.30. The number of nitrogens with zero attached hydrogens (tertiary/aromatic N) is 2. The van der Waals surface area contributed by atoms with E-state index in [0.717, 1.165) is 22.6 Å². The lowest BCUT2D eigenvalue weighted by atomic mass is 10.1. The highest BCUT2D eigenvalue weighted by Crippen LogP contribution is 2.31. The number of benzene rings is 2. The molecule has 0 saturated heterocycles. The number of carbonyl (C=O) groups excluding carboxylic acids is 3. The number of anilines is 1. The number of thiazole rings is 1. The third-order valence-corrected chi connectivity index (χ3v) is 6.43. The zero-order chi connectivity index (χ0) is 22.7. The van der Waals surface area contributed by atoms with Crippen LogP contribution in [-0.2, 0) is 4.79 Å². The van der Waals surface area contributed by atoms with E-state index in [-0.39, 0.29) is 17.7 Å². The van der Waals surface area contributed by atoms with Crippen molar-refractivity contribution in [2.75, 3.05) is 11.9 Å². The van der Waals surface area contributed by atoms with Crippen LogP contribution in [0.2, 0.25) is 5.02 Å². The summed E-state index contributed by atoms with van der Waals surface area (Å²) in [5, 5.41) is 4.07. The van der Waals surface area contributed by atoms with Gasteiger partial charge in [-0.3, -0.25) is 19.3 Å². The van der Waals surface area contributed by atoms with Gasteiger partial charge in [0.15, 0.2) is 5.13 Å². The number of unbranched alkanes of at least 4 members (excludes halogenated alkanes) is 2. The summed E-state index contributed by atoms with van der Waals surface area (Å²) < 4.78 is 0. The quantitative estimate of drug-likeness (QED) is 0.347. The first-order valence-electron chi connectivity index (χ1n) is 10.4. The Hall–Kier alpha value is -3.03. The highest BCUT2D eigenvalue weighted by molar-refractivity contribution is 7.16. The van der Waals surface area contributed by atoms with Crippen LogP contribution in [-0.4, -0.2) is 34.2 Å². The molecule has 1 N–H and O–H groups in total. The summed E-state index contributed by atoms with van der Waals surface area (Å²) in [4.78, 5) is 43.9. The van der Waals surface area contributed by atoms with Crippen molar-refractivity contribution in [1.82, 2.24) is 9.88 Å². The molecule has 0 spiro atoms. The van der Waals surface area contributed by atoms with Gasteiger partial charge in [0, 0.05) is 28.4 Å². The molecular formula is C24H22ClN3O3S. The van der Waals surface area contributed by atoms with Crippen molar-refractivity contribution in [2.45, 2.75) is 32.6 Å². The van der Waals surface area contributed by atoms with Gasteiger partial charge in [0.05, 0.1) is 16.8 Å². The average Bonchev–Trinajstić information content (AvgIpc) is 3.25. The van der Waals surface area contributed by atoms with Crippen LogP contribution in [0.3, 0.4) is 0 Å². The maximum absolute atomic E-state index is 12.4. The molecule has 2 heterocycles. The number of aryl methyl sites for hydroxylation is 1. The number of hydrogen-bond acceptors (Lipinski definition) is 5. The maximum atomic E-state index is 12.4. The molecule has 0 unspecified atom stereocenters. The normalized spacial score (nSPS) is 12.9. The van der Waals surface area contributed by atoms with E-state index >= 15 is 0 Å². The number of fused-ring (bicyclic) bond motifs is 1. The molecule has 164 valence electrons. The van der Waals surface area contributed by atoms with Crippen molar-refractivity contribution in [3.8, 4) is 11.3 Å². The van der Waals surface area contributed by atoms with Gasteiger partial charge in [-0.15, -0.1) is 11.3 Å². The second kappa shape index (κ2) is 9.63. The van der Waals surface area contributed by atoms with Crippen LogP contribution < -0.4 is 5.32 Å². The summed E-state index contributed by atoms with van der Waals surface area (Å²) in [6.07, 6.45) is 2.42. The molecule has 3 aromatic rings. The smallest absolute Gasteiger partial charge is 0.261 e. The first kappa shape index (κ1) is 22.2. The van der Waals surface area contributed by atoms with Gasteiger partial charge < -0.3 is 5.32 Å². The van der Waals surface area contributed by atoms with E-state index < -0.39 is 0 Å². The predicted molar refractivity (Wildman–Crippen MR) is 126 cm³/mol. The molecule has 0 aliphatic carbocycles. The third kappa shape index (κ3) is 4.74. The van der Waals surface area contributed by atoms with Gasteiger partial charge in [-0.25, -0.2) is 4.98 Å². The van der Waals surface area contributed by atoms with Crippen LogP contribution in [0.1, 0.15) is 51.3 Å². The molecule has 1 aliphatic rings. The van der Waals surface area contributed by atoms with E-state index in [9.17, 15) is 14.4 Å². The molecule has 0 fully saturated rings. The Kier molecular flexibility index (Phi) is 6.67. The molecule has 0 atom stereocenters. The summed E-state index contributed by atoms with van der Waals surface area (Å²) in [5.74, 6) is -0.576. The van der Waals surface area contributed by atoms with Gasteiger partial charge >= 0.3 is 0 Å².